The average molecular weight is 403 g/mol. The molecule has 0 atom stereocenters. The van der Waals surface area contributed by atoms with Crippen LogP contribution in [0.5, 0.6) is 0 Å². The lowest BCUT2D eigenvalue weighted by Gasteiger charge is -2.17. The van der Waals surface area contributed by atoms with E-state index in [1.54, 1.807) is 0 Å². The molecule has 3 aromatic heterocycles. The summed E-state index contributed by atoms with van der Waals surface area (Å²) in [6.07, 6.45) is 7.86. The number of aryl methyl sites for hydroxylation is 3. The van der Waals surface area contributed by atoms with Gasteiger partial charge in [-0.25, -0.2) is 9.97 Å². The highest BCUT2D eigenvalue weighted by Gasteiger charge is 2.18. The van der Waals surface area contributed by atoms with Gasteiger partial charge in [-0.15, -0.1) is 0 Å². The van der Waals surface area contributed by atoms with E-state index in [4.69, 9.17) is 4.98 Å². The monoisotopic (exact) mass is 402 g/mol. The fourth-order valence-corrected chi connectivity index (χ4v) is 5.04. The van der Waals surface area contributed by atoms with Crippen molar-refractivity contribution in [1.29, 1.82) is 0 Å². The number of rotatable bonds is 2. The van der Waals surface area contributed by atoms with Crippen molar-refractivity contribution in [2.75, 3.05) is 0 Å². The number of hydrogen-bond donors (Lipinski definition) is 0. The number of nitrogens with zero attached hydrogens (tertiary/aromatic N) is 4. The highest BCUT2D eigenvalue weighted by atomic mass is 15.1. The molecule has 3 heterocycles. The molecule has 0 bridgehead atoms. The zero-order valence-electron chi connectivity index (χ0n) is 17.8. The van der Waals surface area contributed by atoms with Crippen LogP contribution < -0.4 is 0 Å². The van der Waals surface area contributed by atoms with Crippen molar-refractivity contribution in [2.24, 2.45) is 0 Å². The third-order valence-corrected chi connectivity index (χ3v) is 6.14. The molecule has 6 rings (SSSR count). The van der Waals surface area contributed by atoms with Gasteiger partial charge in [-0.05, 0) is 38.0 Å². The van der Waals surface area contributed by atoms with Gasteiger partial charge in [-0.2, -0.15) is 0 Å². The predicted molar refractivity (Wildman–Crippen MR) is 127 cm³/mol. The smallest absolute Gasteiger partial charge is 0.145 e. The van der Waals surface area contributed by atoms with Gasteiger partial charge < -0.3 is 0 Å². The summed E-state index contributed by atoms with van der Waals surface area (Å²) in [7, 11) is 0. The summed E-state index contributed by atoms with van der Waals surface area (Å²) >= 11 is 0. The van der Waals surface area contributed by atoms with E-state index in [0.717, 1.165) is 27.9 Å². The zero-order chi connectivity index (χ0) is 21.1. The largest absolute Gasteiger partial charge is 0.299 e. The van der Waals surface area contributed by atoms with E-state index in [-0.39, 0.29) is 0 Å². The molecule has 0 aliphatic carbocycles. The van der Waals surface area contributed by atoms with E-state index in [9.17, 15) is 0 Å². The van der Waals surface area contributed by atoms with Gasteiger partial charge in [0.15, 0.2) is 0 Å². The Morgan fingerprint density at radius 3 is 2.32 bits per heavy atom. The first-order valence-electron chi connectivity index (χ1n) is 10.5. The van der Waals surface area contributed by atoms with Crippen molar-refractivity contribution < 1.29 is 0 Å². The van der Waals surface area contributed by atoms with Crippen LogP contribution in [0, 0.1) is 20.8 Å². The Labute approximate surface area is 180 Å². The molecule has 6 aromatic rings. The first kappa shape index (κ1) is 17.9. The second-order valence-corrected chi connectivity index (χ2v) is 8.23. The van der Waals surface area contributed by atoms with Gasteiger partial charge in [0.1, 0.15) is 11.5 Å². The highest BCUT2D eigenvalue weighted by Crippen LogP contribution is 2.37. The van der Waals surface area contributed by atoms with Crippen molar-refractivity contribution in [3.8, 4) is 17.1 Å². The Bertz CT molecular complexity index is 1590. The van der Waals surface area contributed by atoms with Crippen LogP contribution >= 0.6 is 0 Å². The number of hydrogen-bond acceptors (Lipinski definition) is 2. The first-order valence-corrected chi connectivity index (χ1v) is 10.5. The predicted octanol–water partition coefficient (Wildman–Crippen LogP) is 6.42. The summed E-state index contributed by atoms with van der Waals surface area (Å²) < 4.78 is 4.39. The molecule has 0 radical (unpaired) electrons. The molecule has 0 amide bonds. The molecular formula is C27H22N4. The molecular weight excluding hydrogens is 380 g/mol. The zero-order valence-corrected chi connectivity index (χ0v) is 17.8. The van der Waals surface area contributed by atoms with Crippen LogP contribution in [0.25, 0.3) is 44.4 Å². The second-order valence-electron chi connectivity index (χ2n) is 8.23. The molecule has 3 aromatic carbocycles. The second kappa shape index (κ2) is 6.54. The van der Waals surface area contributed by atoms with Crippen LogP contribution in [0.2, 0.25) is 0 Å². The Balaban J connectivity index is 1.75. The van der Waals surface area contributed by atoms with Crippen LogP contribution in [-0.2, 0) is 0 Å². The van der Waals surface area contributed by atoms with Gasteiger partial charge in [0.2, 0.25) is 0 Å². The van der Waals surface area contributed by atoms with Crippen LogP contribution in [0.3, 0.4) is 0 Å². The SMILES string of the molecule is Cc1cc(C)c(-n2ccnc2-c2cccc3c2c2ccccc2n2ccnc32)c(C)c1. The minimum Gasteiger partial charge on any atom is -0.299 e. The number of aromatic nitrogens is 4. The maximum absolute atomic E-state index is 4.83. The fourth-order valence-electron chi connectivity index (χ4n) is 5.04. The van der Waals surface area contributed by atoms with E-state index in [1.165, 1.54) is 33.2 Å². The summed E-state index contributed by atoms with van der Waals surface area (Å²) in [5, 5.41) is 3.52. The Morgan fingerprint density at radius 2 is 1.48 bits per heavy atom. The summed E-state index contributed by atoms with van der Waals surface area (Å²) in [6.45, 7) is 6.49. The van der Waals surface area contributed by atoms with Crippen LogP contribution in [0.4, 0.5) is 0 Å². The Morgan fingerprint density at radius 1 is 0.742 bits per heavy atom. The number of benzene rings is 3. The Hall–Kier alpha value is -3.92. The summed E-state index contributed by atoms with van der Waals surface area (Å²) in [6, 6.07) is 19.4. The number of para-hydroxylation sites is 1. The van der Waals surface area contributed by atoms with Gasteiger partial charge in [0.05, 0.1) is 11.2 Å². The van der Waals surface area contributed by atoms with Gasteiger partial charge in [-0.3, -0.25) is 8.97 Å². The average Bonchev–Trinajstić information content (AvgIpc) is 3.43. The molecule has 31 heavy (non-hydrogen) atoms. The number of imidazole rings is 2. The lowest BCUT2D eigenvalue weighted by atomic mass is 9.99. The quantitative estimate of drug-likeness (QED) is 0.313. The third kappa shape index (κ3) is 2.55. The van der Waals surface area contributed by atoms with Gasteiger partial charge in [0.25, 0.3) is 0 Å². The Kier molecular flexibility index (Phi) is 3.78. The van der Waals surface area contributed by atoms with E-state index >= 15 is 0 Å². The number of fused-ring (bicyclic) bond motifs is 6. The molecule has 0 unspecified atom stereocenters. The van der Waals surface area contributed by atoms with Crippen LogP contribution in [0.1, 0.15) is 16.7 Å². The lowest BCUT2D eigenvalue weighted by molar-refractivity contribution is 1.03. The van der Waals surface area contributed by atoms with Gasteiger partial charge in [0, 0.05) is 46.5 Å². The maximum atomic E-state index is 4.83. The van der Waals surface area contributed by atoms with E-state index in [0.29, 0.717) is 0 Å². The minimum atomic E-state index is 0.946. The summed E-state index contributed by atoms with van der Waals surface area (Å²) in [5.74, 6) is 0.946. The molecule has 4 nitrogen and oxygen atoms in total. The molecule has 0 N–H and O–H groups in total. The topological polar surface area (TPSA) is 35.1 Å². The number of pyridine rings is 1. The normalized spacial score (nSPS) is 11.7. The van der Waals surface area contributed by atoms with Gasteiger partial charge in [-0.1, -0.05) is 54.1 Å². The fraction of sp³-hybridized carbons (Fsp3) is 0.111. The summed E-state index contributed by atoms with van der Waals surface area (Å²) in [5.41, 5.74) is 8.20. The van der Waals surface area contributed by atoms with Crippen molar-refractivity contribution in [3.63, 3.8) is 0 Å². The molecule has 4 heteroatoms. The standard InChI is InChI=1S/C27H22N4/c1-17-15-18(2)25(19(3)16-17)31-14-12-29-27(31)22-9-6-8-21-24(22)20-7-4-5-10-23(20)30-13-11-28-26(21)30/h4-16H,1-3H3. The van der Waals surface area contributed by atoms with E-state index < -0.39 is 0 Å². The first-order chi connectivity index (χ1) is 15.1. The van der Waals surface area contributed by atoms with Gasteiger partial charge >= 0.3 is 0 Å². The molecule has 0 saturated heterocycles. The van der Waals surface area contributed by atoms with Crippen molar-refractivity contribution >= 4 is 27.3 Å². The highest BCUT2D eigenvalue weighted by molar-refractivity contribution is 6.17. The molecule has 0 fully saturated rings. The minimum absolute atomic E-state index is 0.946. The lowest BCUT2D eigenvalue weighted by Crippen LogP contribution is -2.03. The van der Waals surface area contributed by atoms with E-state index in [2.05, 4.69) is 95.5 Å². The van der Waals surface area contributed by atoms with Crippen molar-refractivity contribution in [2.45, 2.75) is 20.8 Å². The third-order valence-electron chi connectivity index (χ3n) is 6.14. The summed E-state index contributed by atoms with van der Waals surface area (Å²) in [4.78, 5) is 9.50. The van der Waals surface area contributed by atoms with E-state index in [1.807, 2.05) is 18.6 Å². The molecule has 150 valence electrons. The van der Waals surface area contributed by atoms with Crippen molar-refractivity contribution in [1.82, 2.24) is 18.9 Å². The molecule has 0 saturated carbocycles. The molecule has 0 aliphatic rings. The molecule has 0 aliphatic heterocycles. The van der Waals surface area contributed by atoms with Crippen LogP contribution in [0.15, 0.2) is 79.4 Å². The maximum Gasteiger partial charge on any atom is 0.145 e. The van der Waals surface area contributed by atoms with Crippen LogP contribution in [-0.4, -0.2) is 18.9 Å². The van der Waals surface area contributed by atoms with Crippen molar-refractivity contribution in [3.05, 3.63) is 96.1 Å². The molecule has 0 spiro atoms.